The molecule has 17 heavy (non-hydrogen) atoms. The molecule has 0 aliphatic heterocycles. The first kappa shape index (κ1) is 10.4. The number of rotatable bonds is 3. The van der Waals surface area contributed by atoms with Gasteiger partial charge in [0.25, 0.3) is 0 Å². The minimum absolute atomic E-state index is 0.853. The average molecular weight is 228 g/mol. The SMILES string of the molecule is Cc1cncnc1-c1cnn(C)c1CC1CC1. The average Bonchev–Trinajstić information content (AvgIpc) is 3.06. The molecule has 3 rings (SSSR count). The zero-order valence-electron chi connectivity index (χ0n) is 10.2. The maximum atomic E-state index is 4.39. The summed E-state index contributed by atoms with van der Waals surface area (Å²) in [6.45, 7) is 2.04. The molecule has 0 bridgehead atoms. The lowest BCUT2D eigenvalue weighted by Gasteiger charge is -2.06. The summed E-state index contributed by atoms with van der Waals surface area (Å²) in [4.78, 5) is 8.43. The zero-order chi connectivity index (χ0) is 11.8. The van der Waals surface area contributed by atoms with Gasteiger partial charge < -0.3 is 0 Å². The second-order valence-electron chi connectivity index (χ2n) is 4.83. The molecule has 0 spiro atoms. The summed E-state index contributed by atoms with van der Waals surface area (Å²) < 4.78 is 1.98. The molecule has 2 heterocycles. The lowest BCUT2D eigenvalue weighted by molar-refractivity contribution is 0.677. The van der Waals surface area contributed by atoms with Gasteiger partial charge in [-0.3, -0.25) is 4.68 Å². The van der Waals surface area contributed by atoms with Crippen LogP contribution in [0.5, 0.6) is 0 Å². The Morgan fingerprint density at radius 2 is 2.18 bits per heavy atom. The van der Waals surface area contributed by atoms with Crippen LogP contribution in [0.15, 0.2) is 18.7 Å². The molecule has 2 aromatic heterocycles. The first-order valence-corrected chi connectivity index (χ1v) is 6.03. The Balaban J connectivity index is 2.04. The molecule has 0 radical (unpaired) electrons. The van der Waals surface area contributed by atoms with E-state index in [4.69, 9.17) is 0 Å². The largest absolute Gasteiger partial charge is 0.272 e. The summed E-state index contributed by atoms with van der Waals surface area (Å²) in [6.07, 6.45) is 9.22. The molecule has 0 N–H and O–H groups in total. The summed E-state index contributed by atoms with van der Waals surface area (Å²) >= 11 is 0. The molecule has 88 valence electrons. The molecule has 0 aromatic carbocycles. The molecule has 2 aromatic rings. The first-order valence-electron chi connectivity index (χ1n) is 6.03. The first-order chi connectivity index (χ1) is 8.25. The van der Waals surface area contributed by atoms with Crippen LogP contribution in [0, 0.1) is 12.8 Å². The lowest BCUT2D eigenvalue weighted by Crippen LogP contribution is -2.01. The number of hydrogen-bond donors (Lipinski definition) is 0. The molecule has 4 nitrogen and oxygen atoms in total. The van der Waals surface area contributed by atoms with Crippen molar-refractivity contribution in [3.8, 4) is 11.3 Å². The monoisotopic (exact) mass is 228 g/mol. The molecule has 0 atom stereocenters. The second kappa shape index (κ2) is 3.95. The Hall–Kier alpha value is -1.71. The van der Waals surface area contributed by atoms with Gasteiger partial charge in [-0.15, -0.1) is 0 Å². The third kappa shape index (κ3) is 1.95. The highest BCUT2D eigenvalue weighted by molar-refractivity contribution is 5.64. The smallest absolute Gasteiger partial charge is 0.116 e. The highest BCUT2D eigenvalue weighted by Crippen LogP contribution is 2.35. The highest BCUT2D eigenvalue weighted by Gasteiger charge is 2.25. The molecule has 1 aliphatic rings. The molecule has 0 unspecified atom stereocenters. The van der Waals surface area contributed by atoms with Gasteiger partial charge in [0, 0.05) is 24.5 Å². The van der Waals surface area contributed by atoms with Crippen molar-refractivity contribution in [2.24, 2.45) is 13.0 Å². The van der Waals surface area contributed by atoms with E-state index >= 15 is 0 Å². The number of nitrogens with zero attached hydrogens (tertiary/aromatic N) is 4. The van der Waals surface area contributed by atoms with E-state index in [-0.39, 0.29) is 0 Å². The van der Waals surface area contributed by atoms with Crippen LogP contribution in [-0.4, -0.2) is 19.7 Å². The fourth-order valence-corrected chi connectivity index (χ4v) is 2.18. The van der Waals surface area contributed by atoms with E-state index in [1.54, 1.807) is 6.33 Å². The molecule has 0 saturated heterocycles. The molecule has 1 saturated carbocycles. The Bertz CT molecular complexity index is 540. The Morgan fingerprint density at radius 1 is 1.35 bits per heavy atom. The van der Waals surface area contributed by atoms with Crippen LogP contribution in [0.3, 0.4) is 0 Å². The lowest BCUT2D eigenvalue weighted by atomic mass is 10.1. The Labute approximate surface area is 101 Å². The predicted molar refractivity (Wildman–Crippen MR) is 65.4 cm³/mol. The number of aryl methyl sites for hydroxylation is 2. The summed E-state index contributed by atoms with van der Waals surface area (Å²) in [5, 5.41) is 4.37. The van der Waals surface area contributed by atoms with Gasteiger partial charge in [0.05, 0.1) is 11.9 Å². The second-order valence-corrected chi connectivity index (χ2v) is 4.83. The Morgan fingerprint density at radius 3 is 2.88 bits per heavy atom. The molecule has 1 fully saturated rings. The maximum absolute atomic E-state index is 4.39. The van der Waals surface area contributed by atoms with E-state index in [0.29, 0.717) is 0 Å². The van der Waals surface area contributed by atoms with Gasteiger partial charge >= 0.3 is 0 Å². The van der Waals surface area contributed by atoms with Crippen molar-refractivity contribution < 1.29 is 0 Å². The summed E-state index contributed by atoms with van der Waals surface area (Å²) in [7, 11) is 2.01. The van der Waals surface area contributed by atoms with Crippen LogP contribution in [-0.2, 0) is 13.5 Å². The fraction of sp³-hybridized carbons (Fsp3) is 0.462. The van der Waals surface area contributed by atoms with Crippen molar-refractivity contribution in [3.05, 3.63) is 30.0 Å². The molecule has 0 amide bonds. The van der Waals surface area contributed by atoms with E-state index < -0.39 is 0 Å². The summed E-state index contributed by atoms with van der Waals surface area (Å²) in [5.74, 6) is 0.853. The van der Waals surface area contributed by atoms with E-state index in [9.17, 15) is 0 Å². The quantitative estimate of drug-likeness (QED) is 0.808. The molecule has 1 aliphatic carbocycles. The van der Waals surface area contributed by atoms with Crippen LogP contribution < -0.4 is 0 Å². The normalized spacial score (nSPS) is 15.2. The van der Waals surface area contributed by atoms with Crippen LogP contribution in [0.25, 0.3) is 11.3 Å². The summed E-state index contributed by atoms with van der Waals surface area (Å²) in [5.41, 5.74) is 4.59. The van der Waals surface area contributed by atoms with Gasteiger partial charge in [0.2, 0.25) is 0 Å². The highest BCUT2D eigenvalue weighted by atomic mass is 15.3. The van der Waals surface area contributed by atoms with Crippen molar-refractivity contribution in [3.63, 3.8) is 0 Å². The van der Waals surface area contributed by atoms with E-state index in [2.05, 4.69) is 15.1 Å². The minimum atomic E-state index is 0.853. The molecule has 4 heteroatoms. The minimum Gasteiger partial charge on any atom is -0.272 e. The molecular formula is C13H16N4. The van der Waals surface area contributed by atoms with Crippen LogP contribution >= 0.6 is 0 Å². The van der Waals surface area contributed by atoms with Crippen LogP contribution in [0.2, 0.25) is 0 Å². The third-order valence-corrected chi connectivity index (χ3v) is 3.39. The molecular weight excluding hydrogens is 212 g/mol. The van der Waals surface area contributed by atoms with Crippen molar-refractivity contribution in [1.29, 1.82) is 0 Å². The van der Waals surface area contributed by atoms with E-state index in [0.717, 1.165) is 23.6 Å². The van der Waals surface area contributed by atoms with Crippen molar-refractivity contribution >= 4 is 0 Å². The van der Waals surface area contributed by atoms with Crippen molar-refractivity contribution in [2.45, 2.75) is 26.2 Å². The van der Waals surface area contributed by atoms with E-state index in [1.807, 2.05) is 31.0 Å². The maximum Gasteiger partial charge on any atom is 0.116 e. The van der Waals surface area contributed by atoms with Gasteiger partial charge in [-0.1, -0.05) is 0 Å². The van der Waals surface area contributed by atoms with Crippen molar-refractivity contribution in [2.75, 3.05) is 0 Å². The Kier molecular flexibility index (Phi) is 2.42. The van der Waals surface area contributed by atoms with Gasteiger partial charge in [-0.2, -0.15) is 5.10 Å². The number of hydrogen-bond acceptors (Lipinski definition) is 3. The topological polar surface area (TPSA) is 43.6 Å². The fourth-order valence-electron chi connectivity index (χ4n) is 2.18. The zero-order valence-corrected chi connectivity index (χ0v) is 10.2. The van der Waals surface area contributed by atoms with Gasteiger partial charge in [-0.25, -0.2) is 9.97 Å². The summed E-state index contributed by atoms with van der Waals surface area (Å²) in [6, 6.07) is 0. The van der Waals surface area contributed by atoms with E-state index in [1.165, 1.54) is 24.1 Å². The third-order valence-electron chi connectivity index (χ3n) is 3.39. The van der Waals surface area contributed by atoms with Gasteiger partial charge in [-0.05, 0) is 37.7 Å². The standard InChI is InChI=1S/C13H16N4/c1-9-6-14-8-15-13(9)11-7-16-17(2)12(11)5-10-3-4-10/h6-8,10H,3-5H2,1-2H3. The van der Waals surface area contributed by atoms with Gasteiger partial charge in [0.1, 0.15) is 6.33 Å². The van der Waals surface area contributed by atoms with Crippen LogP contribution in [0.4, 0.5) is 0 Å². The number of aromatic nitrogens is 4. The van der Waals surface area contributed by atoms with Gasteiger partial charge in [0.15, 0.2) is 0 Å². The van der Waals surface area contributed by atoms with Crippen LogP contribution in [0.1, 0.15) is 24.1 Å². The van der Waals surface area contributed by atoms with Crippen molar-refractivity contribution in [1.82, 2.24) is 19.7 Å². The predicted octanol–water partition coefficient (Wildman–Crippen LogP) is 2.14.